The maximum Gasteiger partial charge on any atom is 0.0673 e. The van der Waals surface area contributed by atoms with Gasteiger partial charge in [-0.25, -0.2) is 0 Å². The monoisotopic (exact) mass is 338 g/mol. The van der Waals surface area contributed by atoms with E-state index in [0.717, 1.165) is 21.8 Å². The largest absolute Gasteiger partial charge is 0.366 e. The number of aliphatic imine (C=N–C) groups is 1. The molecule has 3 rings (SSSR count). The van der Waals surface area contributed by atoms with Crippen molar-refractivity contribution in [1.82, 2.24) is 0 Å². The summed E-state index contributed by atoms with van der Waals surface area (Å²) in [7, 11) is 2.14. The van der Waals surface area contributed by atoms with Gasteiger partial charge in [-0.15, -0.1) is 0 Å². The normalized spacial score (nSPS) is 16.2. The second kappa shape index (κ2) is 6.10. The minimum Gasteiger partial charge on any atom is -0.366 e. The standard InChI is InChI=1S/C21H23ClN2/c1-14-12-21(3,4)24(5)20-10-9-16(11-17(14)20)13-23-19-8-6-7-18(22)15(19)2/h6-13H,1-5H3. The van der Waals surface area contributed by atoms with Gasteiger partial charge in [0.05, 0.1) is 11.2 Å². The fraction of sp³-hybridized carbons (Fsp3) is 0.286. The number of hydrogen-bond donors (Lipinski definition) is 0. The fourth-order valence-electron chi connectivity index (χ4n) is 3.14. The van der Waals surface area contributed by atoms with Gasteiger partial charge in [0.25, 0.3) is 0 Å². The molecule has 2 nitrogen and oxygen atoms in total. The maximum absolute atomic E-state index is 6.17. The lowest BCUT2D eigenvalue weighted by Gasteiger charge is -2.40. The molecule has 0 aromatic heterocycles. The first kappa shape index (κ1) is 16.8. The van der Waals surface area contributed by atoms with Crippen LogP contribution in [0, 0.1) is 6.92 Å². The molecule has 0 saturated carbocycles. The smallest absolute Gasteiger partial charge is 0.0673 e. The molecule has 1 aliphatic heterocycles. The minimum absolute atomic E-state index is 0.0323. The summed E-state index contributed by atoms with van der Waals surface area (Å²) in [6.07, 6.45) is 4.23. The van der Waals surface area contributed by atoms with Crippen LogP contribution in [0.3, 0.4) is 0 Å². The van der Waals surface area contributed by atoms with Crippen LogP contribution in [0.5, 0.6) is 0 Å². The van der Waals surface area contributed by atoms with Gasteiger partial charge in [-0.3, -0.25) is 4.99 Å². The molecule has 0 unspecified atom stereocenters. The molecule has 0 atom stereocenters. The highest BCUT2D eigenvalue weighted by molar-refractivity contribution is 6.31. The predicted molar refractivity (Wildman–Crippen MR) is 106 cm³/mol. The summed E-state index contributed by atoms with van der Waals surface area (Å²) in [4.78, 5) is 6.93. The molecule has 24 heavy (non-hydrogen) atoms. The predicted octanol–water partition coefficient (Wildman–Crippen LogP) is 6.03. The highest BCUT2D eigenvalue weighted by Gasteiger charge is 2.28. The molecule has 3 heteroatoms. The third kappa shape index (κ3) is 2.99. The average molecular weight is 339 g/mol. The molecule has 2 aromatic rings. The number of hydrogen-bond acceptors (Lipinski definition) is 2. The lowest BCUT2D eigenvalue weighted by atomic mass is 9.89. The Morgan fingerprint density at radius 3 is 2.62 bits per heavy atom. The third-order valence-electron chi connectivity index (χ3n) is 4.83. The van der Waals surface area contributed by atoms with Crippen molar-refractivity contribution in [3.63, 3.8) is 0 Å². The van der Waals surface area contributed by atoms with E-state index in [-0.39, 0.29) is 5.54 Å². The summed E-state index contributed by atoms with van der Waals surface area (Å²) in [6, 6.07) is 12.3. The van der Waals surface area contributed by atoms with Gasteiger partial charge in [0.1, 0.15) is 0 Å². The molecule has 0 bridgehead atoms. The van der Waals surface area contributed by atoms with Crippen LogP contribution in [-0.4, -0.2) is 18.8 Å². The molecule has 1 heterocycles. The van der Waals surface area contributed by atoms with Crippen molar-refractivity contribution in [2.24, 2.45) is 4.99 Å². The molecule has 2 aromatic carbocycles. The number of benzene rings is 2. The van der Waals surface area contributed by atoms with Gasteiger partial charge in [-0.1, -0.05) is 29.8 Å². The zero-order valence-corrected chi connectivity index (χ0v) is 15.6. The van der Waals surface area contributed by atoms with Crippen molar-refractivity contribution < 1.29 is 0 Å². The average Bonchev–Trinajstić information content (AvgIpc) is 2.54. The van der Waals surface area contributed by atoms with Crippen LogP contribution < -0.4 is 4.90 Å². The lowest BCUT2D eigenvalue weighted by molar-refractivity contribution is 0.598. The van der Waals surface area contributed by atoms with E-state index in [1.807, 2.05) is 31.3 Å². The molecule has 124 valence electrons. The van der Waals surface area contributed by atoms with E-state index >= 15 is 0 Å². The molecule has 0 aliphatic carbocycles. The summed E-state index contributed by atoms with van der Waals surface area (Å²) in [6.45, 7) is 8.63. The fourth-order valence-corrected chi connectivity index (χ4v) is 3.31. The maximum atomic E-state index is 6.17. The Morgan fingerprint density at radius 2 is 1.88 bits per heavy atom. The van der Waals surface area contributed by atoms with E-state index in [4.69, 9.17) is 11.6 Å². The second-order valence-corrected chi connectivity index (χ2v) is 7.37. The molecular formula is C21H23ClN2. The van der Waals surface area contributed by atoms with Crippen molar-refractivity contribution in [3.05, 3.63) is 64.2 Å². The van der Waals surface area contributed by atoms with Crippen LogP contribution in [0.25, 0.3) is 5.57 Å². The van der Waals surface area contributed by atoms with Gasteiger partial charge in [-0.2, -0.15) is 0 Å². The van der Waals surface area contributed by atoms with Crippen LogP contribution in [0.15, 0.2) is 47.5 Å². The Balaban J connectivity index is 1.97. The zero-order chi connectivity index (χ0) is 17.5. The van der Waals surface area contributed by atoms with E-state index in [1.165, 1.54) is 16.8 Å². The van der Waals surface area contributed by atoms with Crippen LogP contribution in [0.4, 0.5) is 11.4 Å². The lowest BCUT2D eigenvalue weighted by Crippen LogP contribution is -2.42. The summed E-state index contributed by atoms with van der Waals surface area (Å²) >= 11 is 6.17. The zero-order valence-electron chi connectivity index (χ0n) is 14.9. The summed E-state index contributed by atoms with van der Waals surface area (Å²) in [5, 5.41) is 0.748. The van der Waals surface area contributed by atoms with Crippen LogP contribution in [-0.2, 0) is 0 Å². The molecule has 0 fully saturated rings. The number of likely N-dealkylation sites (N-methyl/N-ethyl adjacent to an activating group) is 1. The van der Waals surface area contributed by atoms with Gasteiger partial charge >= 0.3 is 0 Å². The van der Waals surface area contributed by atoms with Gasteiger partial charge in [0, 0.05) is 29.5 Å². The first-order valence-electron chi connectivity index (χ1n) is 8.16. The topological polar surface area (TPSA) is 15.6 Å². The number of anilines is 1. The number of halogens is 1. The van der Waals surface area contributed by atoms with Crippen LogP contribution >= 0.6 is 11.6 Å². The quantitative estimate of drug-likeness (QED) is 0.610. The van der Waals surface area contributed by atoms with E-state index < -0.39 is 0 Å². The Bertz CT molecular complexity index is 847. The van der Waals surface area contributed by atoms with Crippen LogP contribution in [0.2, 0.25) is 5.02 Å². The highest BCUT2D eigenvalue weighted by Crippen LogP contribution is 2.38. The molecule has 0 spiro atoms. The van der Waals surface area contributed by atoms with Gasteiger partial charge in [-0.05, 0) is 68.7 Å². The molecule has 0 radical (unpaired) electrons. The molecule has 0 amide bonds. The third-order valence-corrected chi connectivity index (χ3v) is 5.24. The molecule has 0 N–H and O–H groups in total. The van der Waals surface area contributed by atoms with Gasteiger partial charge < -0.3 is 4.90 Å². The first-order valence-corrected chi connectivity index (χ1v) is 8.54. The summed E-state index contributed by atoms with van der Waals surface area (Å²) < 4.78 is 0. The van der Waals surface area contributed by atoms with E-state index in [2.05, 4.69) is 62.0 Å². The van der Waals surface area contributed by atoms with E-state index in [0.29, 0.717) is 0 Å². The van der Waals surface area contributed by atoms with Gasteiger partial charge in [0.2, 0.25) is 0 Å². The Kier molecular flexibility index (Phi) is 4.27. The number of fused-ring (bicyclic) bond motifs is 1. The molecule has 1 aliphatic rings. The van der Waals surface area contributed by atoms with Crippen molar-refractivity contribution in [2.75, 3.05) is 11.9 Å². The van der Waals surface area contributed by atoms with Crippen molar-refractivity contribution >= 4 is 34.8 Å². The van der Waals surface area contributed by atoms with E-state index in [1.54, 1.807) is 0 Å². The SMILES string of the molecule is CC1=CC(C)(C)N(C)c2ccc(C=Nc3cccc(Cl)c3C)cc21. The van der Waals surface area contributed by atoms with Gasteiger partial charge in [0.15, 0.2) is 0 Å². The van der Waals surface area contributed by atoms with Crippen molar-refractivity contribution in [1.29, 1.82) is 0 Å². The minimum atomic E-state index is 0.0323. The number of allylic oxidation sites excluding steroid dienone is 1. The number of nitrogens with zero attached hydrogens (tertiary/aromatic N) is 2. The summed E-state index contributed by atoms with van der Waals surface area (Å²) in [5.41, 5.74) is 6.87. The number of rotatable bonds is 2. The highest BCUT2D eigenvalue weighted by atomic mass is 35.5. The first-order chi connectivity index (χ1) is 11.3. The Morgan fingerprint density at radius 1 is 1.12 bits per heavy atom. The van der Waals surface area contributed by atoms with Crippen LogP contribution in [0.1, 0.15) is 37.5 Å². The molecular weight excluding hydrogens is 316 g/mol. The second-order valence-electron chi connectivity index (χ2n) is 6.96. The summed E-state index contributed by atoms with van der Waals surface area (Å²) in [5.74, 6) is 0. The van der Waals surface area contributed by atoms with Crippen molar-refractivity contribution in [2.45, 2.75) is 33.2 Å². The van der Waals surface area contributed by atoms with E-state index in [9.17, 15) is 0 Å². The Hall–Kier alpha value is -2.06. The van der Waals surface area contributed by atoms with Crippen molar-refractivity contribution in [3.8, 4) is 0 Å². The molecule has 0 saturated heterocycles. The Labute approximate surface area is 149 Å².